The Labute approximate surface area is 135 Å². The maximum Gasteiger partial charge on any atom is 0.239 e. The molecule has 8 heteroatoms. The van der Waals surface area contributed by atoms with Gasteiger partial charge in [0.2, 0.25) is 11.8 Å². The van der Waals surface area contributed by atoms with Crippen molar-refractivity contribution in [3.63, 3.8) is 0 Å². The van der Waals surface area contributed by atoms with Gasteiger partial charge < -0.3 is 15.4 Å². The van der Waals surface area contributed by atoms with Gasteiger partial charge in [0.25, 0.3) is 0 Å². The van der Waals surface area contributed by atoms with Gasteiger partial charge in [-0.05, 0) is 25.0 Å². The van der Waals surface area contributed by atoms with Gasteiger partial charge in [0.15, 0.2) is 9.84 Å². The quantitative estimate of drug-likeness (QED) is 0.745. The van der Waals surface area contributed by atoms with Gasteiger partial charge in [-0.25, -0.2) is 8.42 Å². The summed E-state index contributed by atoms with van der Waals surface area (Å²) in [6, 6.07) is 8.54. The number of ether oxygens (including phenoxy) is 1. The summed E-state index contributed by atoms with van der Waals surface area (Å²) < 4.78 is 29.1. The van der Waals surface area contributed by atoms with Crippen molar-refractivity contribution in [2.24, 2.45) is 0 Å². The SMILES string of the molecule is O=C(CS(=O)(=O)CC(=O)Nc1ccccc1)NCC1CCCO1. The molecule has 0 aliphatic carbocycles. The van der Waals surface area contributed by atoms with Crippen molar-refractivity contribution in [2.75, 3.05) is 30.0 Å². The number of carbonyl (C=O) groups is 2. The molecule has 1 unspecified atom stereocenters. The molecule has 2 rings (SSSR count). The minimum atomic E-state index is -3.81. The first-order chi connectivity index (χ1) is 10.9. The van der Waals surface area contributed by atoms with Crippen molar-refractivity contribution in [2.45, 2.75) is 18.9 Å². The van der Waals surface area contributed by atoms with Gasteiger partial charge in [0.05, 0.1) is 6.10 Å². The second kappa shape index (κ2) is 8.07. The van der Waals surface area contributed by atoms with Gasteiger partial charge in [-0.15, -0.1) is 0 Å². The normalized spacial score (nSPS) is 17.7. The monoisotopic (exact) mass is 340 g/mol. The van der Waals surface area contributed by atoms with Gasteiger partial charge in [-0.2, -0.15) is 0 Å². The van der Waals surface area contributed by atoms with E-state index in [1.54, 1.807) is 30.3 Å². The molecular weight excluding hydrogens is 320 g/mol. The van der Waals surface area contributed by atoms with E-state index >= 15 is 0 Å². The van der Waals surface area contributed by atoms with Crippen LogP contribution in [0.1, 0.15) is 12.8 Å². The molecule has 126 valence electrons. The largest absolute Gasteiger partial charge is 0.376 e. The minimum absolute atomic E-state index is 0.0527. The van der Waals surface area contributed by atoms with E-state index in [-0.39, 0.29) is 6.10 Å². The highest BCUT2D eigenvalue weighted by molar-refractivity contribution is 7.92. The topological polar surface area (TPSA) is 102 Å². The van der Waals surface area contributed by atoms with E-state index in [1.807, 2.05) is 0 Å². The van der Waals surface area contributed by atoms with E-state index in [4.69, 9.17) is 4.74 Å². The summed E-state index contributed by atoms with van der Waals surface area (Å²) in [7, 11) is -3.81. The van der Waals surface area contributed by atoms with Crippen LogP contribution in [0.15, 0.2) is 30.3 Å². The predicted octanol–water partition coefficient (Wildman–Crippen LogP) is 0.335. The molecule has 0 saturated carbocycles. The molecule has 2 N–H and O–H groups in total. The highest BCUT2D eigenvalue weighted by Crippen LogP contribution is 2.10. The van der Waals surface area contributed by atoms with Gasteiger partial charge in [-0.1, -0.05) is 18.2 Å². The average Bonchev–Trinajstić information content (AvgIpc) is 2.98. The average molecular weight is 340 g/mol. The van der Waals surface area contributed by atoms with Crippen molar-refractivity contribution >= 4 is 27.3 Å². The van der Waals surface area contributed by atoms with Crippen LogP contribution in [0.2, 0.25) is 0 Å². The van der Waals surface area contributed by atoms with E-state index in [0.29, 0.717) is 18.8 Å². The Morgan fingerprint density at radius 1 is 1.13 bits per heavy atom. The van der Waals surface area contributed by atoms with E-state index in [0.717, 1.165) is 12.8 Å². The fraction of sp³-hybridized carbons (Fsp3) is 0.467. The molecule has 1 atom stereocenters. The van der Waals surface area contributed by atoms with Crippen molar-refractivity contribution in [3.8, 4) is 0 Å². The van der Waals surface area contributed by atoms with Crippen LogP contribution in [-0.4, -0.2) is 51.0 Å². The molecule has 0 bridgehead atoms. The van der Waals surface area contributed by atoms with Gasteiger partial charge in [0, 0.05) is 18.8 Å². The van der Waals surface area contributed by atoms with Crippen LogP contribution in [0.5, 0.6) is 0 Å². The Morgan fingerprint density at radius 2 is 1.83 bits per heavy atom. The third kappa shape index (κ3) is 6.37. The predicted molar refractivity (Wildman–Crippen MR) is 85.7 cm³/mol. The molecule has 1 aromatic carbocycles. The van der Waals surface area contributed by atoms with Crippen LogP contribution in [0.4, 0.5) is 5.69 Å². The van der Waals surface area contributed by atoms with Gasteiger partial charge >= 0.3 is 0 Å². The van der Waals surface area contributed by atoms with Crippen LogP contribution in [0.25, 0.3) is 0 Å². The number of carbonyl (C=O) groups excluding carboxylic acids is 2. The lowest BCUT2D eigenvalue weighted by Gasteiger charge is -2.11. The van der Waals surface area contributed by atoms with Crippen molar-refractivity contribution in [1.82, 2.24) is 5.32 Å². The second-order valence-electron chi connectivity index (χ2n) is 5.39. The van der Waals surface area contributed by atoms with Crippen LogP contribution in [-0.2, 0) is 24.2 Å². The lowest BCUT2D eigenvalue weighted by Crippen LogP contribution is -2.37. The molecule has 0 radical (unpaired) electrons. The van der Waals surface area contributed by atoms with E-state index in [9.17, 15) is 18.0 Å². The zero-order chi connectivity index (χ0) is 16.7. The molecule has 2 amide bonds. The maximum atomic E-state index is 11.9. The summed E-state index contributed by atoms with van der Waals surface area (Å²) in [6.45, 7) is 0.961. The maximum absolute atomic E-state index is 11.9. The Balaban J connectivity index is 1.76. The van der Waals surface area contributed by atoms with Crippen molar-refractivity contribution in [3.05, 3.63) is 30.3 Å². The molecule has 1 heterocycles. The van der Waals surface area contributed by atoms with Crippen LogP contribution in [0, 0.1) is 0 Å². The molecule has 1 saturated heterocycles. The fourth-order valence-corrected chi connectivity index (χ4v) is 3.33. The highest BCUT2D eigenvalue weighted by atomic mass is 32.2. The summed E-state index contributed by atoms with van der Waals surface area (Å²) >= 11 is 0. The number of hydrogen-bond donors (Lipinski definition) is 2. The Bertz CT molecular complexity index is 639. The Hall–Kier alpha value is -1.93. The zero-order valence-corrected chi connectivity index (χ0v) is 13.5. The van der Waals surface area contributed by atoms with Gasteiger partial charge in [0.1, 0.15) is 11.5 Å². The smallest absolute Gasteiger partial charge is 0.239 e. The third-order valence-electron chi connectivity index (χ3n) is 3.31. The van der Waals surface area contributed by atoms with E-state index in [1.165, 1.54) is 0 Å². The van der Waals surface area contributed by atoms with Crippen molar-refractivity contribution in [1.29, 1.82) is 0 Å². The number of hydrogen-bond acceptors (Lipinski definition) is 5. The molecule has 23 heavy (non-hydrogen) atoms. The third-order valence-corrected chi connectivity index (χ3v) is 4.71. The molecular formula is C15H20N2O5S. The highest BCUT2D eigenvalue weighted by Gasteiger charge is 2.22. The Morgan fingerprint density at radius 3 is 2.48 bits per heavy atom. The minimum Gasteiger partial charge on any atom is -0.376 e. The first-order valence-electron chi connectivity index (χ1n) is 7.38. The number of amides is 2. The molecule has 0 aromatic heterocycles. The first kappa shape index (κ1) is 17.4. The first-order valence-corrected chi connectivity index (χ1v) is 9.20. The summed E-state index contributed by atoms with van der Waals surface area (Å²) in [5.74, 6) is -2.71. The van der Waals surface area contributed by atoms with E-state index in [2.05, 4.69) is 10.6 Å². The van der Waals surface area contributed by atoms with Gasteiger partial charge in [-0.3, -0.25) is 9.59 Å². The standard InChI is InChI=1S/C15H20N2O5S/c18-14(16-9-13-7-4-8-22-13)10-23(20,21)11-15(19)17-12-5-2-1-3-6-12/h1-3,5-6,13H,4,7-11H2,(H,16,18)(H,17,19). The van der Waals surface area contributed by atoms with Crippen LogP contribution >= 0.6 is 0 Å². The lowest BCUT2D eigenvalue weighted by molar-refractivity contribution is -0.119. The second-order valence-corrected chi connectivity index (χ2v) is 7.45. The summed E-state index contributed by atoms with van der Waals surface area (Å²) in [5, 5.41) is 5.01. The Kier molecular flexibility index (Phi) is 6.12. The molecule has 7 nitrogen and oxygen atoms in total. The number of anilines is 1. The number of sulfone groups is 1. The van der Waals surface area contributed by atoms with Crippen molar-refractivity contribution < 1.29 is 22.7 Å². The zero-order valence-electron chi connectivity index (χ0n) is 12.7. The number of rotatable bonds is 7. The summed E-state index contributed by atoms with van der Waals surface area (Å²) in [4.78, 5) is 23.4. The number of benzene rings is 1. The molecule has 1 aliphatic rings. The number of para-hydroxylation sites is 1. The molecule has 0 spiro atoms. The van der Waals surface area contributed by atoms with E-state index < -0.39 is 33.2 Å². The molecule has 1 fully saturated rings. The van der Waals surface area contributed by atoms with Crippen LogP contribution < -0.4 is 10.6 Å². The summed E-state index contributed by atoms with van der Waals surface area (Å²) in [5.41, 5.74) is 0.510. The summed E-state index contributed by atoms with van der Waals surface area (Å²) in [6.07, 6.45) is 1.74. The number of nitrogens with one attached hydrogen (secondary N) is 2. The molecule has 1 aliphatic heterocycles. The molecule has 1 aromatic rings. The lowest BCUT2D eigenvalue weighted by atomic mass is 10.2. The van der Waals surface area contributed by atoms with Crippen LogP contribution in [0.3, 0.4) is 0 Å². The fourth-order valence-electron chi connectivity index (χ4n) is 2.25.